The van der Waals surface area contributed by atoms with Crippen LogP contribution in [0.1, 0.15) is 33.4 Å². The van der Waals surface area contributed by atoms with Crippen LogP contribution in [0.15, 0.2) is 473 Å². The minimum absolute atomic E-state index is 0.940. The van der Waals surface area contributed by atoms with Gasteiger partial charge in [0.1, 0.15) is 0 Å². The van der Waals surface area contributed by atoms with Crippen LogP contribution < -0.4 is 0 Å². The second-order valence-electron chi connectivity index (χ2n) is 35.1. The second kappa shape index (κ2) is 33.4. The summed E-state index contributed by atoms with van der Waals surface area (Å²) in [4.78, 5) is 0. The van der Waals surface area contributed by atoms with E-state index in [-0.39, 0.29) is 0 Å². The van der Waals surface area contributed by atoms with Crippen LogP contribution in [0.3, 0.4) is 0 Å². The van der Waals surface area contributed by atoms with Gasteiger partial charge in [0.05, 0.1) is 0 Å². The van der Waals surface area contributed by atoms with Gasteiger partial charge in [0.2, 0.25) is 0 Å². The van der Waals surface area contributed by atoms with E-state index in [0.29, 0.717) is 0 Å². The van der Waals surface area contributed by atoms with E-state index in [1.165, 1.54) is 261 Å². The lowest BCUT2D eigenvalue weighted by atomic mass is 9.89. The Morgan fingerprint density at radius 2 is 0.356 bits per heavy atom. The number of rotatable bonds is 12. The maximum Gasteiger partial charge on any atom is 0.0355 e. The topological polar surface area (TPSA) is 0 Å². The Bertz CT molecular complexity index is 8610. The summed E-state index contributed by atoms with van der Waals surface area (Å²) in [6.07, 6.45) is 2.88. The molecule has 3 aliphatic carbocycles. The van der Waals surface area contributed by atoms with Crippen molar-refractivity contribution in [2.24, 2.45) is 0 Å². The average molecular weight is 1730 g/mol. The van der Waals surface area contributed by atoms with Gasteiger partial charge in [-0.05, 0) is 311 Å². The van der Waals surface area contributed by atoms with E-state index in [4.69, 9.17) is 0 Å². The fourth-order valence-electron chi connectivity index (χ4n) is 20.8. The molecule has 0 atom stereocenters. The first-order chi connectivity index (χ1) is 65.4. The summed E-state index contributed by atoms with van der Waals surface area (Å²) in [7, 11) is 0. The zero-order valence-electron chi connectivity index (χ0n) is 72.4. The molecule has 0 unspecified atom stereocenters. The van der Waals surface area contributed by atoms with Crippen molar-refractivity contribution >= 4 is 94.5 Å². The summed E-state index contributed by atoms with van der Waals surface area (Å²) in [5, 5.41) is 8.10. The lowest BCUT2D eigenvalue weighted by molar-refractivity contribution is 1.26. The van der Waals surface area contributed by atoms with Crippen molar-refractivity contribution in [2.75, 3.05) is 0 Å². The number of benzene rings is 21. The third-order valence-electron chi connectivity index (χ3n) is 27.5. The SMILES string of the molecule is c1ccc(-c2ccc(-c3cccc(-c4cc(-c5ccc6sc7ccccc7c6c5)c5c(c4)-c4ccccc4C5)c3)cc2)cc1.c1ccc(-c2ccc(-c3cccc(-c4ccc5c(c4)-c4cccc(-c6ccc7sc8ccccc8c7c6)c4C5)c3)cc2)cc1.c1ccc(-c2ccc(-c3cccc(-c4cccc5c4Cc4c(-c6ccc7sc8ccccc8c7c6)cccc4-5)c3)cc2)cc1. The highest BCUT2D eigenvalue weighted by atomic mass is 32.1. The van der Waals surface area contributed by atoms with Gasteiger partial charge in [-0.3, -0.25) is 0 Å². The van der Waals surface area contributed by atoms with E-state index in [0.717, 1.165) is 19.3 Å². The minimum atomic E-state index is 0.940. The van der Waals surface area contributed by atoms with Gasteiger partial charge in [-0.2, -0.15) is 0 Å². The van der Waals surface area contributed by atoms with Gasteiger partial charge in [-0.1, -0.05) is 382 Å². The molecule has 3 aromatic heterocycles. The zero-order chi connectivity index (χ0) is 87.1. The second-order valence-corrected chi connectivity index (χ2v) is 38.4. The molecule has 0 radical (unpaired) electrons. The molecule has 21 aromatic carbocycles. The molecule has 0 N–H and O–H groups in total. The minimum Gasteiger partial charge on any atom is -0.135 e. The normalized spacial score (nSPS) is 12.0. The zero-order valence-corrected chi connectivity index (χ0v) is 74.8. The first-order valence-corrected chi connectivity index (χ1v) is 48.1. The molecule has 24 aromatic rings. The van der Waals surface area contributed by atoms with Gasteiger partial charge in [-0.25, -0.2) is 0 Å². The summed E-state index contributed by atoms with van der Waals surface area (Å²) in [6, 6.07) is 174. The van der Waals surface area contributed by atoms with Crippen LogP contribution in [-0.4, -0.2) is 0 Å². The highest BCUT2D eigenvalue weighted by Gasteiger charge is 2.29. The van der Waals surface area contributed by atoms with Crippen molar-refractivity contribution in [3.05, 3.63) is 507 Å². The van der Waals surface area contributed by atoms with E-state index >= 15 is 0 Å². The van der Waals surface area contributed by atoms with Crippen LogP contribution in [0, 0.1) is 0 Å². The summed E-state index contributed by atoms with van der Waals surface area (Å²) in [6.45, 7) is 0. The van der Waals surface area contributed by atoms with Gasteiger partial charge >= 0.3 is 0 Å². The molecular formula is C129H84S3. The van der Waals surface area contributed by atoms with E-state index in [1.54, 1.807) is 0 Å². The Morgan fingerprint density at radius 3 is 0.795 bits per heavy atom. The molecule has 0 amide bonds. The van der Waals surface area contributed by atoms with Crippen molar-refractivity contribution in [3.63, 3.8) is 0 Å². The quantitative estimate of drug-likeness (QED) is 0.114. The Hall–Kier alpha value is -15.7. The number of fused-ring (bicyclic) bond motifs is 18. The van der Waals surface area contributed by atoms with Gasteiger partial charge in [0.25, 0.3) is 0 Å². The monoisotopic (exact) mass is 1730 g/mol. The molecule has 3 heteroatoms. The van der Waals surface area contributed by atoms with Crippen LogP contribution >= 0.6 is 34.0 Å². The molecule has 0 nitrogen and oxygen atoms in total. The molecule has 0 saturated carbocycles. The fraction of sp³-hybridized carbons (Fsp3) is 0.0233. The third-order valence-corrected chi connectivity index (χ3v) is 30.9. The standard InChI is InChI=1S/3C43H28S/c1-2-9-28(10-3-1)29-19-21-30(22-20-29)31-11-6-12-32(25-31)34-14-7-16-36-37-17-8-15-35(40(37)27-39(34)36)33-23-24-43-41(26-33)38-13-4-5-18-42(38)44-43;1-2-8-28(9-3-1)29-16-18-30(19-17-29)31-10-6-11-32(24-31)33-20-21-35-26-40-36(13-7-14-37(40)39(35)25-33)34-22-23-43-41(27-34)38-12-4-5-15-42(38)44-43;1-2-9-28(10-3-1)29-17-19-30(20-18-29)31-12-8-13-32(23-31)35-26-38(40-24-33-11-4-5-14-36(33)39(40)27-35)34-21-22-43-41(25-34)37-15-6-7-16-42(37)44-43/h1-26H,27H2;1-25,27H,26H2;1-23,25-27H,24H2. The lowest BCUT2D eigenvalue weighted by Crippen LogP contribution is -1.91. The Morgan fingerprint density at radius 1 is 0.114 bits per heavy atom. The van der Waals surface area contributed by atoms with Crippen molar-refractivity contribution < 1.29 is 0 Å². The van der Waals surface area contributed by atoms with Crippen molar-refractivity contribution in [1.82, 2.24) is 0 Å². The van der Waals surface area contributed by atoms with Gasteiger partial charge in [-0.15, -0.1) is 34.0 Å². The van der Waals surface area contributed by atoms with Crippen LogP contribution in [-0.2, 0) is 19.3 Å². The van der Waals surface area contributed by atoms with Crippen LogP contribution in [0.25, 0.3) is 227 Å². The summed E-state index contributed by atoms with van der Waals surface area (Å²) in [5.74, 6) is 0. The maximum absolute atomic E-state index is 2.43. The molecular weight excluding hydrogens is 1650 g/mol. The first kappa shape index (κ1) is 78.5. The molecule has 27 rings (SSSR count). The highest BCUT2D eigenvalue weighted by Crippen LogP contribution is 2.52. The highest BCUT2D eigenvalue weighted by molar-refractivity contribution is 7.26. The van der Waals surface area contributed by atoms with Gasteiger partial charge < -0.3 is 0 Å². The molecule has 3 aliphatic rings. The van der Waals surface area contributed by atoms with Crippen molar-refractivity contribution in [1.29, 1.82) is 0 Å². The number of hydrogen-bond donors (Lipinski definition) is 0. The lowest BCUT2D eigenvalue weighted by Gasteiger charge is -2.14. The molecule has 0 spiro atoms. The predicted molar refractivity (Wildman–Crippen MR) is 568 cm³/mol. The summed E-state index contributed by atoms with van der Waals surface area (Å²) in [5.41, 5.74) is 47.1. The van der Waals surface area contributed by atoms with E-state index in [9.17, 15) is 0 Å². The summed E-state index contributed by atoms with van der Waals surface area (Å²) < 4.78 is 8.10. The maximum atomic E-state index is 2.43. The van der Waals surface area contributed by atoms with Crippen LogP contribution in [0.4, 0.5) is 0 Å². The third kappa shape index (κ3) is 14.5. The molecule has 0 bridgehead atoms. The Balaban J connectivity index is 0.000000106. The van der Waals surface area contributed by atoms with Gasteiger partial charge in [0, 0.05) is 60.5 Å². The number of thiophene rings is 3. The molecule has 0 aliphatic heterocycles. The average Bonchev–Trinajstić information content (AvgIpc) is 1.60. The molecule has 0 fully saturated rings. The molecule has 0 saturated heterocycles. The first-order valence-electron chi connectivity index (χ1n) is 45.7. The van der Waals surface area contributed by atoms with E-state index in [1.807, 2.05) is 34.0 Å². The largest absolute Gasteiger partial charge is 0.135 e. The summed E-state index contributed by atoms with van der Waals surface area (Å²) >= 11 is 5.64. The van der Waals surface area contributed by atoms with Crippen LogP contribution in [0.2, 0.25) is 0 Å². The molecule has 132 heavy (non-hydrogen) atoms. The van der Waals surface area contributed by atoms with E-state index in [2.05, 4.69) is 473 Å². The molecule has 618 valence electrons. The fourth-order valence-corrected chi connectivity index (χ4v) is 24.1. The molecule has 3 heterocycles. The Kier molecular flexibility index (Phi) is 19.9. The van der Waals surface area contributed by atoms with Gasteiger partial charge in [0.15, 0.2) is 0 Å². The van der Waals surface area contributed by atoms with Crippen LogP contribution in [0.5, 0.6) is 0 Å². The smallest absolute Gasteiger partial charge is 0.0355 e. The van der Waals surface area contributed by atoms with Crippen molar-refractivity contribution in [2.45, 2.75) is 19.3 Å². The van der Waals surface area contributed by atoms with E-state index < -0.39 is 0 Å². The van der Waals surface area contributed by atoms with Crippen molar-refractivity contribution in [3.8, 4) is 167 Å². The Labute approximate surface area is 781 Å². The number of hydrogen-bond acceptors (Lipinski definition) is 3. The predicted octanol–water partition coefficient (Wildman–Crippen LogP) is 36.9.